The second kappa shape index (κ2) is 9.98. The minimum Gasteiger partial charge on any atom is -0.443 e. The summed E-state index contributed by atoms with van der Waals surface area (Å²) in [6.07, 6.45) is -2.87. The first-order valence-electron chi connectivity index (χ1n) is 12.0. The fourth-order valence-electron chi connectivity index (χ4n) is 5.77. The number of aliphatic hydroxyl groups excluding tert-OH is 2. The highest BCUT2D eigenvalue weighted by Gasteiger charge is 2.60. The molecule has 2 aliphatic carbocycles. The Balaban J connectivity index is 1.35. The van der Waals surface area contributed by atoms with E-state index in [1.54, 1.807) is 12.1 Å². The normalized spacial score (nSPS) is 30.2. The zero-order valence-electron chi connectivity index (χ0n) is 19.6. The van der Waals surface area contributed by atoms with Crippen molar-refractivity contribution in [1.29, 1.82) is 0 Å². The predicted octanol–water partition coefficient (Wildman–Crippen LogP) is 2.50. The Hall–Kier alpha value is -3.70. The van der Waals surface area contributed by atoms with Gasteiger partial charge in [0.25, 0.3) is 0 Å². The third-order valence-corrected chi connectivity index (χ3v) is 7.43. The molecule has 9 nitrogen and oxygen atoms in total. The highest BCUT2D eigenvalue weighted by Crippen LogP contribution is 2.50. The fraction of sp³-hybridized carbons (Fsp3) is 0.385. The summed E-state index contributed by atoms with van der Waals surface area (Å²) in [5.41, 5.74) is 3.10. The van der Waals surface area contributed by atoms with Gasteiger partial charge in [-0.05, 0) is 30.5 Å². The number of fused-ring (bicyclic) bond motifs is 3. The smallest absolute Gasteiger partial charge is 0.428 e. The molecule has 2 saturated carbocycles. The molecule has 1 heterocycles. The molecule has 3 N–H and O–H groups in total. The van der Waals surface area contributed by atoms with E-state index in [1.807, 2.05) is 18.2 Å². The van der Waals surface area contributed by atoms with Crippen LogP contribution >= 0.6 is 0 Å². The molecule has 3 fully saturated rings. The number of nitrogens with zero attached hydrogens (tertiary/aromatic N) is 2. The predicted molar refractivity (Wildman–Crippen MR) is 126 cm³/mol. The number of imide groups is 1. The van der Waals surface area contributed by atoms with E-state index in [0.717, 1.165) is 17.7 Å². The first-order chi connectivity index (χ1) is 17.8. The molecule has 6 atom stereocenters. The van der Waals surface area contributed by atoms with Gasteiger partial charge in [0.1, 0.15) is 18.2 Å². The quantitative estimate of drug-likeness (QED) is 0.426. The van der Waals surface area contributed by atoms with Crippen LogP contribution in [0.15, 0.2) is 53.6 Å². The molecular weight excluding hydrogens is 488 g/mol. The van der Waals surface area contributed by atoms with Crippen molar-refractivity contribution in [3.8, 4) is 0 Å². The third kappa shape index (κ3) is 4.60. The standard InChI is InChI=1S/C26H25F2N3O6/c27-14-6-9-19(17(28)10-14)31-24(34)16-8-7-15-18(11-20(32)23(33)21(15)22(16)25(31)35)29-30-26(36)37-12-13-4-2-1-3-5-13/h1-6,9-10,15-16,20-23,32-33H,7-8,11-12H2,(H,30,36)/t15-,16+,20+,21-,22+,23+/m0/s1. The molecule has 5 rings (SSSR count). The lowest BCUT2D eigenvalue weighted by atomic mass is 9.60. The minimum atomic E-state index is -1.34. The Kier molecular flexibility index (Phi) is 6.74. The molecule has 0 bridgehead atoms. The molecule has 3 aliphatic rings. The number of ether oxygens (including phenoxy) is 1. The maximum Gasteiger partial charge on any atom is 0.428 e. The number of anilines is 1. The van der Waals surface area contributed by atoms with Crippen molar-refractivity contribution in [2.75, 3.05) is 4.90 Å². The highest BCUT2D eigenvalue weighted by molar-refractivity contribution is 6.22. The van der Waals surface area contributed by atoms with E-state index >= 15 is 0 Å². The van der Waals surface area contributed by atoms with Crippen molar-refractivity contribution in [2.45, 2.75) is 38.1 Å². The minimum absolute atomic E-state index is 0.0288. The first-order valence-corrected chi connectivity index (χ1v) is 12.0. The largest absolute Gasteiger partial charge is 0.443 e. The lowest BCUT2D eigenvalue weighted by Crippen LogP contribution is -2.55. The lowest BCUT2D eigenvalue weighted by Gasteiger charge is -2.45. The molecule has 11 heteroatoms. The number of hydrazone groups is 1. The molecule has 0 aromatic heterocycles. The van der Waals surface area contributed by atoms with Gasteiger partial charge in [-0.3, -0.25) is 9.59 Å². The van der Waals surface area contributed by atoms with Gasteiger partial charge in [-0.25, -0.2) is 23.9 Å². The summed E-state index contributed by atoms with van der Waals surface area (Å²) in [5, 5.41) is 25.5. The second-order valence-corrected chi connectivity index (χ2v) is 9.54. The van der Waals surface area contributed by atoms with Crippen LogP contribution in [0.2, 0.25) is 0 Å². The number of aliphatic hydroxyl groups is 2. The molecule has 1 saturated heterocycles. The number of halogens is 2. The van der Waals surface area contributed by atoms with Gasteiger partial charge in [-0.1, -0.05) is 30.3 Å². The van der Waals surface area contributed by atoms with Crippen LogP contribution in [-0.4, -0.2) is 46.0 Å². The van der Waals surface area contributed by atoms with Gasteiger partial charge in [0.15, 0.2) is 0 Å². The van der Waals surface area contributed by atoms with Crippen LogP contribution in [0.4, 0.5) is 19.3 Å². The zero-order valence-corrected chi connectivity index (χ0v) is 19.6. The maximum atomic E-state index is 14.5. The fourth-order valence-corrected chi connectivity index (χ4v) is 5.77. The second-order valence-electron chi connectivity index (χ2n) is 9.54. The molecule has 2 aromatic rings. The highest BCUT2D eigenvalue weighted by atomic mass is 19.1. The number of hydrogen-bond donors (Lipinski definition) is 3. The van der Waals surface area contributed by atoms with Crippen LogP contribution < -0.4 is 10.3 Å². The molecule has 0 radical (unpaired) electrons. The molecule has 1 aliphatic heterocycles. The van der Waals surface area contributed by atoms with Crippen molar-refractivity contribution in [1.82, 2.24) is 5.43 Å². The summed E-state index contributed by atoms with van der Waals surface area (Å²) in [7, 11) is 0. The number of carbonyl (C=O) groups is 3. The van der Waals surface area contributed by atoms with Gasteiger partial charge in [0.05, 0.1) is 29.7 Å². The number of amides is 3. The Labute approximate surface area is 210 Å². The number of nitrogens with one attached hydrogen (secondary N) is 1. The Morgan fingerprint density at radius 2 is 1.78 bits per heavy atom. The van der Waals surface area contributed by atoms with E-state index in [2.05, 4.69) is 10.5 Å². The molecule has 37 heavy (non-hydrogen) atoms. The monoisotopic (exact) mass is 513 g/mol. The van der Waals surface area contributed by atoms with Crippen molar-refractivity contribution in [3.63, 3.8) is 0 Å². The van der Waals surface area contributed by atoms with Crippen LogP contribution in [0.1, 0.15) is 24.8 Å². The number of carbonyl (C=O) groups excluding carboxylic acids is 3. The average Bonchev–Trinajstić information content (AvgIpc) is 3.14. The van der Waals surface area contributed by atoms with E-state index in [-0.39, 0.29) is 25.1 Å². The molecule has 2 aromatic carbocycles. The summed E-state index contributed by atoms with van der Waals surface area (Å²) < 4.78 is 33.0. The summed E-state index contributed by atoms with van der Waals surface area (Å²) in [4.78, 5) is 39.4. The number of rotatable bonds is 4. The van der Waals surface area contributed by atoms with Gasteiger partial charge in [0, 0.05) is 30.0 Å². The van der Waals surface area contributed by atoms with Crippen LogP contribution in [-0.2, 0) is 20.9 Å². The van der Waals surface area contributed by atoms with E-state index in [0.29, 0.717) is 23.1 Å². The maximum absolute atomic E-state index is 14.5. The Morgan fingerprint density at radius 3 is 2.51 bits per heavy atom. The molecular formula is C26H25F2N3O6. The average molecular weight is 513 g/mol. The van der Waals surface area contributed by atoms with Crippen LogP contribution in [0, 0.1) is 35.3 Å². The Bertz CT molecular complexity index is 1260. The van der Waals surface area contributed by atoms with Gasteiger partial charge in [0.2, 0.25) is 11.8 Å². The SMILES string of the molecule is O=C(NN=C1C[C@@H](O)[C@@H](O)[C@@H]2[C@@H]3C(=O)N(c4ccc(F)cc4F)C(=O)[C@@H]3CC[C@@H]12)OCc1ccccc1. The van der Waals surface area contributed by atoms with Gasteiger partial charge in [-0.2, -0.15) is 5.10 Å². The summed E-state index contributed by atoms with van der Waals surface area (Å²) in [6.45, 7) is 0.0288. The molecule has 3 amide bonds. The van der Waals surface area contributed by atoms with Crippen LogP contribution in [0.3, 0.4) is 0 Å². The number of benzene rings is 2. The van der Waals surface area contributed by atoms with Gasteiger partial charge < -0.3 is 14.9 Å². The molecule has 194 valence electrons. The van der Waals surface area contributed by atoms with E-state index in [9.17, 15) is 33.4 Å². The Morgan fingerprint density at radius 1 is 1.05 bits per heavy atom. The van der Waals surface area contributed by atoms with Crippen molar-refractivity contribution in [2.24, 2.45) is 28.8 Å². The van der Waals surface area contributed by atoms with Crippen molar-refractivity contribution < 1.29 is 38.1 Å². The van der Waals surface area contributed by atoms with Gasteiger partial charge >= 0.3 is 6.09 Å². The van der Waals surface area contributed by atoms with Crippen molar-refractivity contribution >= 4 is 29.3 Å². The molecule has 0 spiro atoms. The summed E-state index contributed by atoms with van der Waals surface area (Å²) in [6, 6.07) is 11.6. The van der Waals surface area contributed by atoms with E-state index in [1.165, 1.54) is 0 Å². The summed E-state index contributed by atoms with van der Waals surface area (Å²) >= 11 is 0. The topological polar surface area (TPSA) is 129 Å². The zero-order chi connectivity index (χ0) is 26.3. The van der Waals surface area contributed by atoms with Crippen molar-refractivity contribution in [3.05, 3.63) is 65.7 Å². The van der Waals surface area contributed by atoms with E-state index < -0.39 is 65.4 Å². The van der Waals surface area contributed by atoms with Crippen LogP contribution in [0.5, 0.6) is 0 Å². The summed E-state index contributed by atoms with van der Waals surface area (Å²) in [5.74, 6) is -6.51. The lowest BCUT2D eigenvalue weighted by molar-refractivity contribution is -0.132. The molecule has 0 unspecified atom stereocenters. The van der Waals surface area contributed by atoms with Crippen LogP contribution in [0.25, 0.3) is 0 Å². The number of hydrogen-bond acceptors (Lipinski definition) is 7. The first kappa shape index (κ1) is 25.0. The van der Waals surface area contributed by atoms with E-state index in [4.69, 9.17) is 4.74 Å². The van der Waals surface area contributed by atoms with Gasteiger partial charge in [-0.15, -0.1) is 0 Å². The third-order valence-electron chi connectivity index (χ3n) is 7.43.